The van der Waals surface area contributed by atoms with Crippen LogP contribution in [0, 0.1) is 13.8 Å². The maximum atomic E-state index is 4.56. The third-order valence-electron chi connectivity index (χ3n) is 2.93. The van der Waals surface area contributed by atoms with Gasteiger partial charge in [-0.15, -0.1) is 11.8 Å². The highest BCUT2D eigenvalue weighted by Gasteiger charge is 2.03. The van der Waals surface area contributed by atoms with E-state index in [0.29, 0.717) is 0 Å². The van der Waals surface area contributed by atoms with Gasteiger partial charge in [0.05, 0.1) is 5.03 Å². The smallest absolute Gasteiger partial charge is 0.0992 e. The molecule has 1 aromatic heterocycles. The molecule has 0 aliphatic carbocycles. The molecule has 1 aromatic carbocycles. The molecular weight excluding hydrogens is 252 g/mol. The molecule has 3 heteroatoms. The SMILES string of the molecule is CNCc1cnc(SCc2cccc(C)c2)c(C)c1. The lowest BCUT2D eigenvalue weighted by atomic mass is 10.2. The van der Waals surface area contributed by atoms with Crippen LogP contribution < -0.4 is 5.32 Å². The van der Waals surface area contributed by atoms with Crippen LogP contribution in [0.25, 0.3) is 0 Å². The molecule has 19 heavy (non-hydrogen) atoms. The summed E-state index contributed by atoms with van der Waals surface area (Å²) in [6, 6.07) is 10.9. The first-order chi connectivity index (χ1) is 9.19. The molecular formula is C16H20N2S. The lowest BCUT2D eigenvalue weighted by Gasteiger charge is -2.07. The number of aromatic nitrogens is 1. The van der Waals surface area contributed by atoms with Gasteiger partial charge in [-0.3, -0.25) is 0 Å². The Labute approximate surface area is 119 Å². The molecule has 0 aliphatic heterocycles. The second kappa shape index (κ2) is 6.73. The van der Waals surface area contributed by atoms with E-state index in [-0.39, 0.29) is 0 Å². The van der Waals surface area contributed by atoms with Gasteiger partial charge in [0.2, 0.25) is 0 Å². The fourth-order valence-corrected chi connectivity index (χ4v) is 2.92. The molecule has 1 N–H and O–H groups in total. The molecule has 0 saturated carbocycles. The molecule has 0 atom stereocenters. The van der Waals surface area contributed by atoms with Crippen LogP contribution in [0.15, 0.2) is 41.6 Å². The van der Waals surface area contributed by atoms with E-state index < -0.39 is 0 Å². The van der Waals surface area contributed by atoms with Crippen molar-refractivity contribution in [3.8, 4) is 0 Å². The second-order valence-electron chi connectivity index (χ2n) is 4.77. The highest BCUT2D eigenvalue weighted by molar-refractivity contribution is 7.98. The minimum absolute atomic E-state index is 0.872. The summed E-state index contributed by atoms with van der Waals surface area (Å²) in [5.74, 6) is 0.973. The predicted molar refractivity (Wildman–Crippen MR) is 82.5 cm³/mol. The van der Waals surface area contributed by atoms with Crippen LogP contribution in [0.1, 0.15) is 22.3 Å². The van der Waals surface area contributed by atoms with Crippen molar-refractivity contribution < 1.29 is 0 Å². The zero-order valence-corrected chi connectivity index (χ0v) is 12.6. The van der Waals surface area contributed by atoms with E-state index >= 15 is 0 Å². The first-order valence-electron chi connectivity index (χ1n) is 6.47. The lowest BCUT2D eigenvalue weighted by molar-refractivity contribution is 0.806. The van der Waals surface area contributed by atoms with Gasteiger partial charge in [-0.1, -0.05) is 35.9 Å². The van der Waals surface area contributed by atoms with Crippen molar-refractivity contribution in [2.75, 3.05) is 7.05 Å². The summed E-state index contributed by atoms with van der Waals surface area (Å²) >= 11 is 1.80. The number of thioether (sulfide) groups is 1. The van der Waals surface area contributed by atoms with Gasteiger partial charge in [0.15, 0.2) is 0 Å². The van der Waals surface area contributed by atoms with Gasteiger partial charge >= 0.3 is 0 Å². The normalized spacial score (nSPS) is 10.7. The number of hydrogen-bond donors (Lipinski definition) is 1. The summed E-state index contributed by atoms with van der Waals surface area (Å²) in [7, 11) is 1.95. The fourth-order valence-electron chi connectivity index (χ4n) is 2.03. The average Bonchev–Trinajstić information content (AvgIpc) is 2.38. The number of nitrogens with zero attached hydrogens (tertiary/aromatic N) is 1. The first-order valence-corrected chi connectivity index (χ1v) is 7.46. The molecule has 0 bridgehead atoms. The van der Waals surface area contributed by atoms with Gasteiger partial charge in [-0.25, -0.2) is 4.98 Å². The van der Waals surface area contributed by atoms with Crippen LogP contribution in [-0.4, -0.2) is 12.0 Å². The van der Waals surface area contributed by atoms with Crippen molar-refractivity contribution >= 4 is 11.8 Å². The molecule has 1 heterocycles. The van der Waals surface area contributed by atoms with E-state index in [1.807, 2.05) is 13.2 Å². The van der Waals surface area contributed by atoms with E-state index in [9.17, 15) is 0 Å². The van der Waals surface area contributed by atoms with E-state index in [4.69, 9.17) is 0 Å². The van der Waals surface area contributed by atoms with Crippen molar-refractivity contribution in [1.82, 2.24) is 10.3 Å². The Morgan fingerprint density at radius 3 is 2.68 bits per heavy atom. The van der Waals surface area contributed by atoms with E-state index in [0.717, 1.165) is 17.3 Å². The van der Waals surface area contributed by atoms with E-state index in [1.54, 1.807) is 11.8 Å². The minimum Gasteiger partial charge on any atom is -0.316 e. The molecule has 0 radical (unpaired) electrons. The van der Waals surface area contributed by atoms with Crippen molar-refractivity contribution in [3.63, 3.8) is 0 Å². The number of nitrogens with one attached hydrogen (secondary N) is 1. The zero-order chi connectivity index (χ0) is 13.7. The maximum Gasteiger partial charge on any atom is 0.0992 e. The molecule has 2 nitrogen and oxygen atoms in total. The highest BCUT2D eigenvalue weighted by atomic mass is 32.2. The standard InChI is InChI=1S/C16H20N2S/c1-12-5-4-6-14(7-12)11-19-16-13(2)8-15(9-17-3)10-18-16/h4-8,10,17H,9,11H2,1-3H3. The second-order valence-corrected chi connectivity index (χ2v) is 5.74. The van der Waals surface area contributed by atoms with Crippen LogP contribution in [0.4, 0.5) is 0 Å². The molecule has 0 amide bonds. The lowest BCUT2D eigenvalue weighted by Crippen LogP contribution is -2.05. The van der Waals surface area contributed by atoms with E-state index in [1.165, 1.54) is 22.3 Å². The topological polar surface area (TPSA) is 24.9 Å². The van der Waals surface area contributed by atoms with Crippen molar-refractivity contribution in [2.24, 2.45) is 0 Å². The third kappa shape index (κ3) is 4.08. The van der Waals surface area contributed by atoms with Gasteiger partial charge in [-0.05, 0) is 37.6 Å². The Kier molecular flexibility index (Phi) is 5.00. The van der Waals surface area contributed by atoms with Gasteiger partial charge in [0, 0.05) is 18.5 Å². The monoisotopic (exact) mass is 272 g/mol. The fraction of sp³-hybridized carbons (Fsp3) is 0.312. The van der Waals surface area contributed by atoms with Crippen molar-refractivity contribution in [2.45, 2.75) is 31.2 Å². The molecule has 0 unspecified atom stereocenters. The Morgan fingerprint density at radius 1 is 1.16 bits per heavy atom. The summed E-state index contributed by atoms with van der Waals surface area (Å²) in [6.45, 7) is 5.13. The summed E-state index contributed by atoms with van der Waals surface area (Å²) < 4.78 is 0. The zero-order valence-electron chi connectivity index (χ0n) is 11.7. The maximum absolute atomic E-state index is 4.56. The third-order valence-corrected chi connectivity index (χ3v) is 4.10. The van der Waals surface area contributed by atoms with E-state index in [2.05, 4.69) is 54.5 Å². The van der Waals surface area contributed by atoms with Crippen LogP contribution in [0.2, 0.25) is 0 Å². The Balaban J connectivity index is 2.03. The van der Waals surface area contributed by atoms with Gasteiger partial charge in [-0.2, -0.15) is 0 Å². The Hall–Kier alpha value is -1.32. The van der Waals surface area contributed by atoms with Gasteiger partial charge in [0.25, 0.3) is 0 Å². The van der Waals surface area contributed by atoms with Crippen LogP contribution in [0.5, 0.6) is 0 Å². The molecule has 0 spiro atoms. The van der Waals surface area contributed by atoms with Crippen molar-refractivity contribution in [3.05, 3.63) is 58.8 Å². The molecule has 2 aromatic rings. The van der Waals surface area contributed by atoms with Crippen molar-refractivity contribution in [1.29, 1.82) is 0 Å². The van der Waals surface area contributed by atoms with Crippen LogP contribution in [0.3, 0.4) is 0 Å². The molecule has 0 saturated heterocycles. The largest absolute Gasteiger partial charge is 0.316 e. The van der Waals surface area contributed by atoms with Gasteiger partial charge < -0.3 is 5.32 Å². The Bertz CT molecular complexity index is 552. The van der Waals surface area contributed by atoms with Gasteiger partial charge in [0.1, 0.15) is 0 Å². The molecule has 2 rings (SSSR count). The Morgan fingerprint density at radius 2 is 2.00 bits per heavy atom. The molecule has 0 fully saturated rings. The minimum atomic E-state index is 0.872. The summed E-state index contributed by atoms with van der Waals surface area (Å²) in [6.07, 6.45) is 1.96. The average molecular weight is 272 g/mol. The van der Waals surface area contributed by atoms with Crippen LogP contribution >= 0.6 is 11.8 Å². The number of pyridine rings is 1. The number of hydrogen-bond acceptors (Lipinski definition) is 3. The summed E-state index contributed by atoms with van der Waals surface area (Å²) in [5.41, 5.74) is 5.16. The highest BCUT2D eigenvalue weighted by Crippen LogP contribution is 2.24. The summed E-state index contributed by atoms with van der Waals surface area (Å²) in [5, 5.41) is 4.27. The summed E-state index contributed by atoms with van der Waals surface area (Å²) in [4.78, 5) is 4.56. The number of benzene rings is 1. The number of rotatable bonds is 5. The van der Waals surface area contributed by atoms with Crippen LogP contribution in [-0.2, 0) is 12.3 Å². The molecule has 100 valence electrons. The quantitative estimate of drug-likeness (QED) is 0.840. The molecule has 0 aliphatic rings. The number of aryl methyl sites for hydroxylation is 2. The predicted octanol–water partition coefficient (Wildman–Crippen LogP) is 3.71. The first kappa shape index (κ1) is 14.1.